The highest BCUT2D eigenvalue weighted by atomic mass is 16.5. The van der Waals surface area contributed by atoms with Crippen LogP contribution in [0, 0.1) is 0 Å². The van der Waals surface area contributed by atoms with Crippen molar-refractivity contribution in [3.8, 4) is 17.1 Å². The van der Waals surface area contributed by atoms with E-state index in [0.717, 1.165) is 11.3 Å². The molecule has 0 N–H and O–H groups in total. The topological polar surface area (TPSA) is 65.7 Å². The summed E-state index contributed by atoms with van der Waals surface area (Å²) < 4.78 is 11.6. The number of hydrogen-bond acceptors (Lipinski definition) is 5. The lowest BCUT2D eigenvalue weighted by molar-refractivity contribution is 0.0600. The molecule has 0 saturated heterocycles. The van der Waals surface area contributed by atoms with Gasteiger partial charge in [-0.1, -0.05) is 0 Å². The molecule has 2 heterocycles. The highest BCUT2D eigenvalue weighted by Gasteiger charge is 2.11. The second-order valence-electron chi connectivity index (χ2n) is 4.39. The van der Waals surface area contributed by atoms with Gasteiger partial charge in [0.15, 0.2) is 11.5 Å². The summed E-state index contributed by atoms with van der Waals surface area (Å²) in [6, 6.07) is 10.9. The Hall–Kier alpha value is -2.89. The second-order valence-corrected chi connectivity index (χ2v) is 4.39. The van der Waals surface area contributed by atoms with Crippen molar-refractivity contribution in [2.45, 2.75) is 0 Å². The fourth-order valence-corrected chi connectivity index (χ4v) is 2.07. The van der Waals surface area contributed by atoms with Crippen molar-refractivity contribution >= 4 is 11.6 Å². The summed E-state index contributed by atoms with van der Waals surface area (Å²) in [6.45, 7) is 0. The third kappa shape index (κ3) is 2.31. The number of fused-ring (bicyclic) bond motifs is 1. The minimum atomic E-state index is -0.397. The quantitative estimate of drug-likeness (QED) is 0.689. The Morgan fingerprint density at radius 3 is 2.52 bits per heavy atom. The number of ether oxygens (including phenoxy) is 2. The molecule has 1 aromatic carbocycles. The predicted molar refractivity (Wildman–Crippen MR) is 76.3 cm³/mol. The molecule has 21 heavy (non-hydrogen) atoms. The largest absolute Gasteiger partial charge is 0.497 e. The maximum absolute atomic E-state index is 11.5. The summed E-state index contributed by atoms with van der Waals surface area (Å²) in [4.78, 5) is 11.5. The Balaban J connectivity index is 2.05. The fourth-order valence-electron chi connectivity index (χ4n) is 2.07. The number of aromatic nitrogens is 3. The predicted octanol–water partition coefficient (Wildman–Crippen LogP) is 2.19. The molecule has 3 rings (SSSR count). The molecular weight excluding hydrogens is 270 g/mol. The molecule has 0 aliphatic heterocycles. The normalized spacial score (nSPS) is 10.6. The first-order valence-corrected chi connectivity index (χ1v) is 6.30. The van der Waals surface area contributed by atoms with Gasteiger partial charge < -0.3 is 9.47 Å². The lowest BCUT2D eigenvalue weighted by Gasteiger charge is -2.03. The summed E-state index contributed by atoms with van der Waals surface area (Å²) >= 11 is 0. The zero-order chi connectivity index (χ0) is 14.8. The van der Waals surface area contributed by atoms with E-state index in [1.54, 1.807) is 25.4 Å². The van der Waals surface area contributed by atoms with Gasteiger partial charge in [-0.15, -0.1) is 10.2 Å². The first-order chi connectivity index (χ1) is 10.2. The van der Waals surface area contributed by atoms with E-state index in [9.17, 15) is 4.79 Å². The van der Waals surface area contributed by atoms with E-state index in [4.69, 9.17) is 9.47 Å². The van der Waals surface area contributed by atoms with Crippen molar-refractivity contribution in [3.05, 3.63) is 48.2 Å². The van der Waals surface area contributed by atoms with E-state index in [1.165, 1.54) is 7.11 Å². The molecule has 0 amide bonds. The minimum absolute atomic E-state index is 0.397. The summed E-state index contributed by atoms with van der Waals surface area (Å²) in [7, 11) is 2.97. The summed E-state index contributed by atoms with van der Waals surface area (Å²) in [6.07, 6.45) is 1.75. The standard InChI is InChI=1S/C15H13N3O3/c1-20-12-5-3-10(4-6-12)14-17-16-13-9-11(15(19)21-2)7-8-18(13)14/h3-9H,1-2H3. The number of rotatable bonds is 3. The average molecular weight is 283 g/mol. The molecule has 0 saturated carbocycles. The van der Waals surface area contributed by atoms with Crippen molar-refractivity contribution in [1.29, 1.82) is 0 Å². The van der Waals surface area contributed by atoms with Gasteiger partial charge in [-0.25, -0.2) is 4.79 Å². The number of pyridine rings is 1. The van der Waals surface area contributed by atoms with E-state index in [2.05, 4.69) is 10.2 Å². The summed E-state index contributed by atoms with van der Waals surface area (Å²) in [5, 5.41) is 8.26. The molecule has 2 aromatic heterocycles. The Bertz CT molecular complexity index is 794. The van der Waals surface area contributed by atoms with Crippen LogP contribution >= 0.6 is 0 Å². The Morgan fingerprint density at radius 1 is 1.10 bits per heavy atom. The maximum atomic E-state index is 11.5. The summed E-state index contributed by atoms with van der Waals surface area (Å²) in [5.74, 6) is 1.08. The van der Waals surface area contributed by atoms with Gasteiger partial charge >= 0.3 is 5.97 Å². The van der Waals surface area contributed by atoms with Crippen LogP contribution in [-0.2, 0) is 4.74 Å². The third-order valence-electron chi connectivity index (χ3n) is 3.18. The Morgan fingerprint density at radius 2 is 1.86 bits per heavy atom. The number of benzene rings is 1. The van der Waals surface area contributed by atoms with E-state index >= 15 is 0 Å². The monoisotopic (exact) mass is 283 g/mol. The van der Waals surface area contributed by atoms with Crippen LogP contribution in [0.3, 0.4) is 0 Å². The van der Waals surface area contributed by atoms with Gasteiger partial charge in [0.2, 0.25) is 0 Å². The first-order valence-electron chi connectivity index (χ1n) is 6.30. The van der Waals surface area contributed by atoms with Crippen LogP contribution in [0.5, 0.6) is 5.75 Å². The number of hydrogen-bond donors (Lipinski definition) is 0. The fraction of sp³-hybridized carbons (Fsp3) is 0.133. The number of carbonyl (C=O) groups is 1. The molecule has 6 nitrogen and oxygen atoms in total. The highest BCUT2D eigenvalue weighted by Crippen LogP contribution is 2.21. The molecule has 0 fully saturated rings. The highest BCUT2D eigenvalue weighted by molar-refractivity contribution is 5.90. The Labute approximate surface area is 120 Å². The van der Waals surface area contributed by atoms with E-state index < -0.39 is 5.97 Å². The van der Waals surface area contributed by atoms with Crippen LogP contribution in [0.15, 0.2) is 42.6 Å². The van der Waals surface area contributed by atoms with Crippen LogP contribution in [0.2, 0.25) is 0 Å². The van der Waals surface area contributed by atoms with E-state index in [-0.39, 0.29) is 0 Å². The second kappa shape index (κ2) is 5.24. The Kier molecular flexibility index (Phi) is 3.27. The third-order valence-corrected chi connectivity index (χ3v) is 3.18. The molecular formula is C15H13N3O3. The van der Waals surface area contributed by atoms with Gasteiger partial charge in [-0.2, -0.15) is 0 Å². The van der Waals surface area contributed by atoms with Crippen molar-refractivity contribution in [2.75, 3.05) is 14.2 Å². The molecule has 0 spiro atoms. The minimum Gasteiger partial charge on any atom is -0.497 e. The van der Waals surface area contributed by atoms with Crippen molar-refractivity contribution in [3.63, 3.8) is 0 Å². The van der Waals surface area contributed by atoms with Crippen LogP contribution in [0.1, 0.15) is 10.4 Å². The molecule has 0 aliphatic rings. The van der Waals surface area contributed by atoms with E-state index in [1.807, 2.05) is 28.7 Å². The van der Waals surface area contributed by atoms with Crippen molar-refractivity contribution in [1.82, 2.24) is 14.6 Å². The molecule has 0 atom stereocenters. The van der Waals surface area contributed by atoms with Gasteiger partial charge in [0.25, 0.3) is 0 Å². The van der Waals surface area contributed by atoms with Crippen molar-refractivity contribution in [2.24, 2.45) is 0 Å². The smallest absolute Gasteiger partial charge is 0.338 e. The average Bonchev–Trinajstić information content (AvgIpc) is 2.97. The van der Waals surface area contributed by atoms with Crippen LogP contribution in [-0.4, -0.2) is 34.8 Å². The summed E-state index contributed by atoms with van der Waals surface area (Å²) in [5.41, 5.74) is 1.94. The number of methoxy groups -OCH3 is 2. The molecule has 0 radical (unpaired) electrons. The lowest BCUT2D eigenvalue weighted by Crippen LogP contribution is -2.02. The molecule has 3 aromatic rings. The van der Waals surface area contributed by atoms with Gasteiger partial charge in [0, 0.05) is 11.8 Å². The van der Waals surface area contributed by atoms with Gasteiger partial charge in [-0.3, -0.25) is 4.40 Å². The molecule has 0 aliphatic carbocycles. The van der Waals surface area contributed by atoms with E-state index in [0.29, 0.717) is 17.0 Å². The van der Waals surface area contributed by atoms with Gasteiger partial charge in [-0.05, 0) is 36.4 Å². The maximum Gasteiger partial charge on any atom is 0.338 e. The van der Waals surface area contributed by atoms with Crippen LogP contribution < -0.4 is 4.74 Å². The van der Waals surface area contributed by atoms with Crippen LogP contribution in [0.4, 0.5) is 0 Å². The number of esters is 1. The zero-order valence-electron chi connectivity index (χ0n) is 11.6. The van der Waals surface area contributed by atoms with Crippen LogP contribution in [0.25, 0.3) is 17.0 Å². The zero-order valence-corrected chi connectivity index (χ0v) is 11.6. The molecule has 0 bridgehead atoms. The number of nitrogens with zero attached hydrogens (tertiary/aromatic N) is 3. The first kappa shape index (κ1) is 13.1. The molecule has 6 heteroatoms. The van der Waals surface area contributed by atoms with Gasteiger partial charge in [0.1, 0.15) is 5.75 Å². The molecule has 106 valence electrons. The molecule has 0 unspecified atom stereocenters. The van der Waals surface area contributed by atoms with Gasteiger partial charge in [0.05, 0.1) is 19.8 Å². The lowest BCUT2D eigenvalue weighted by atomic mass is 10.2. The van der Waals surface area contributed by atoms with Crippen molar-refractivity contribution < 1.29 is 14.3 Å². The SMILES string of the molecule is COC(=O)c1ccn2c(-c3ccc(OC)cc3)nnc2c1. The number of carbonyl (C=O) groups excluding carboxylic acids is 1.